The highest BCUT2D eigenvalue weighted by Gasteiger charge is 2.50. The lowest BCUT2D eigenvalue weighted by Crippen LogP contribution is -2.54. The summed E-state index contributed by atoms with van der Waals surface area (Å²) in [7, 11) is 0. The van der Waals surface area contributed by atoms with Gasteiger partial charge in [-0.15, -0.1) is 0 Å². The molecule has 0 saturated heterocycles. The molecule has 2 aromatic carbocycles. The zero-order valence-corrected chi connectivity index (χ0v) is 13.4. The van der Waals surface area contributed by atoms with Gasteiger partial charge in [0.05, 0.1) is 23.4 Å². The van der Waals surface area contributed by atoms with E-state index in [-0.39, 0.29) is 23.5 Å². The van der Waals surface area contributed by atoms with E-state index in [4.69, 9.17) is 10.00 Å². The van der Waals surface area contributed by atoms with Crippen molar-refractivity contribution >= 4 is 5.69 Å². The fraction of sp³-hybridized carbons (Fsp3) is 0.278. The minimum atomic E-state index is -3.84. The van der Waals surface area contributed by atoms with Crippen LogP contribution in [0.1, 0.15) is 29.7 Å². The molecule has 0 saturated carbocycles. The van der Waals surface area contributed by atoms with Gasteiger partial charge in [-0.2, -0.15) is 14.0 Å². The van der Waals surface area contributed by atoms with Gasteiger partial charge >= 0.3 is 6.11 Å². The van der Waals surface area contributed by atoms with Crippen molar-refractivity contribution in [3.05, 3.63) is 59.2 Å². The third-order valence-electron chi connectivity index (χ3n) is 4.03. The Bertz CT molecular complexity index is 833. The van der Waals surface area contributed by atoms with E-state index in [1.54, 1.807) is 30.3 Å². The van der Waals surface area contributed by atoms with E-state index in [2.05, 4.69) is 0 Å². The van der Waals surface area contributed by atoms with Gasteiger partial charge in [0.15, 0.2) is 5.75 Å². The van der Waals surface area contributed by atoms with Crippen LogP contribution in [-0.2, 0) is 6.54 Å². The number of hydrogen-bond acceptors (Lipinski definition) is 5. The molecule has 5 nitrogen and oxygen atoms in total. The van der Waals surface area contributed by atoms with E-state index in [9.17, 15) is 19.0 Å². The molecule has 1 unspecified atom stereocenters. The van der Waals surface area contributed by atoms with Crippen LogP contribution >= 0.6 is 0 Å². The molecular formula is C18H16F2N2O3. The Morgan fingerprint density at radius 3 is 2.72 bits per heavy atom. The second kappa shape index (κ2) is 6.31. The van der Waals surface area contributed by atoms with Crippen LogP contribution in [0.2, 0.25) is 0 Å². The third kappa shape index (κ3) is 3.14. The molecule has 2 aromatic rings. The summed E-state index contributed by atoms with van der Waals surface area (Å²) in [6.07, 6.45) is -7.05. The Balaban J connectivity index is 2.07. The fourth-order valence-electron chi connectivity index (χ4n) is 2.82. The fourth-order valence-corrected chi connectivity index (χ4v) is 2.82. The number of halogens is 2. The summed E-state index contributed by atoms with van der Waals surface area (Å²) in [6, 6.07) is 13.1. The highest BCUT2D eigenvalue weighted by atomic mass is 19.3. The first-order valence-corrected chi connectivity index (χ1v) is 7.65. The van der Waals surface area contributed by atoms with Crippen molar-refractivity contribution in [1.82, 2.24) is 0 Å². The molecule has 1 aliphatic rings. The molecule has 0 fully saturated rings. The van der Waals surface area contributed by atoms with E-state index < -0.39 is 18.4 Å². The zero-order chi connectivity index (χ0) is 18.2. The number of nitriles is 1. The number of para-hydroxylation sites is 1. The smallest absolute Gasteiger partial charge is 0.427 e. The minimum Gasteiger partial charge on any atom is -0.427 e. The molecular weight excluding hydrogens is 330 g/mol. The van der Waals surface area contributed by atoms with Gasteiger partial charge in [-0.05, 0) is 30.7 Å². The molecule has 0 bridgehead atoms. The van der Waals surface area contributed by atoms with Gasteiger partial charge < -0.3 is 19.8 Å². The first kappa shape index (κ1) is 17.1. The Labute approximate surface area is 143 Å². The Morgan fingerprint density at radius 1 is 1.32 bits per heavy atom. The largest absolute Gasteiger partial charge is 0.444 e. The average molecular weight is 346 g/mol. The molecule has 1 heterocycles. The van der Waals surface area contributed by atoms with E-state index in [1.165, 1.54) is 19.1 Å². The number of ether oxygens (including phenoxy) is 1. The molecule has 0 aromatic heterocycles. The van der Waals surface area contributed by atoms with Gasteiger partial charge in [-0.1, -0.05) is 24.3 Å². The lowest BCUT2D eigenvalue weighted by molar-refractivity contribution is -0.246. The molecule has 25 heavy (non-hydrogen) atoms. The number of aliphatic hydroxyl groups is 2. The van der Waals surface area contributed by atoms with Crippen LogP contribution in [0, 0.1) is 11.3 Å². The van der Waals surface area contributed by atoms with Gasteiger partial charge in [0.2, 0.25) is 6.23 Å². The Morgan fingerprint density at radius 2 is 2.04 bits per heavy atom. The molecule has 0 amide bonds. The van der Waals surface area contributed by atoms with E-state index in [0.29, 0.717) is 11.1 Å². The van der Waals surface area contributed by atoms with Crippen LogP contribution in [0.15, 0.2) is 42.5 Å². The molecule has 0 radical (unpaired) electrons. The molecule has 3 rings (SSSR count). The molecule has 7 heteroatoms. The van der Waals surface area contributed by atoms with E-state index in [0.717, 1.165) is 4.90 Å². The van der Waals surface area contributed by atoms with Crippen molar-refractivity contribution in [2.45, 2.75) is 31.9 Å². The monoisotopic (exact) mass is 346 g/mol. The molecule has 2 atom stereocenters. The SMILES string of the molecule is C[C@@H](O)c1cccc2c1OC(F)(F)C(O)N2Cc1cccc(C#N)c1. The maximum absolute atomic E-state index is 14.2. The van der Waals surface area contributed by atoms with Crippen molar-refractivity contribution in [2.75, 3.05) is 4.90 Å². The predicted molar refractivity (Wildman–Crippen MR) is 86.0 cm³/mol. The second-order valence-corrected chi connectivity index (χ2v) is 5.85. The predicted octanol–water partition coefficient (Wildman–Crippen LogP) is 2.92. The zero-order valence-electron chi connectivity index (χ0n) is 13.4. The highest BCUT2D eigenvalue weighted by molar-refractivity contribution is 5.65. The third-order valence-corrected chi connectivity index (χ3v) is 4.03. The van der Waals surface area contributed by atoms with Crippen LogP contribution in [0.4, 0.5) is 14.5 Å². The molecule has 0 aliphatic carbocycles. The Hall–Kier alpha value is -2.69. The van der Waals surface area contributed by atoms with Crippen LogP contribution in [0.5, 0.6) is 5.75 Å². The number of nitrogens with zero attached hydrogens (tertiary/aromatic N) is 2. The van der Waals surface area contributed by atoms with Gasteiger partial charge in [0, 0.05) is 12.1 Å². The highest BCUT2D eigenvalue weighted by Crippen LogP contribution is 2.45. The normalized spacial score (nSPS) is 19.5. The summed E-state index contributed by atoms with van der Waals surface area (Å²) in [5, 5.41) is 28.9. The first-order valence-electron chi connectivity index (χ1n) is 7.65. The maximum atomic E-state index is 14.2. The maximum Gasteiger partial charge on any atom is 0.444 e. The van der Waals surface area contributed by atoms with Crippen molar-refractivity contribution in [1.29, 1.82) is 5.26 Å². The van der Waals surface area contributed by atoms with Crippen molar-refractivity contribution in [2.24, 2.45) is 0 Å². The average Bonchev–Trinajstić information content (AvgIpc) is 2.58. The summed E-state index contributed by atoms with van der Waals surface area (Å²) in [5.74, 6) is -0.163. The lowest BCUT2D eigenvalue weighted by Gasteiger charge is -2.40. The van der Waals surface area contributed by atoms with Gasteiger partial charge in [-0.3, -0.25) is 0 Å². The second-order valence-electron chi connectivity index (χ2n) is 5.85. The number of rotatable bonds is 3. The summed E-state index contributed by atoms with van der Waals surface area (Å²) in [6.45, 7) is 1.40. The number of alkyl halides is 2. The quantitative estimate of drug-likeness (QED) is 0.894. The van der Waals surface area contributed by atoms with E-state index >= 15 is 0 Å². The minimum absolute atomic E-state index is 0.0497. The molecule has 130 valence electrons. The van der Waals surface area contributed by atoms with Crippen molar-refractivity contribution < 1.29 is 23.7 Å². The lowest BCUT2D eigenvalue weighted by atomic mass is 10.0. The molecule has 2 N–H and O–H groups in total. The number of aliphatic hydroxyl groups excluding tert-OH is 2. The van der Waals surface area contributed by atoms with Crippen LogP contribution in [0.25, 0.3) is 0 Å². The van der Waals surface area contributed by atoms with Gasteiger partial charge in [0.1, 0.15) is 0 Å². The van der Waals surface area contributed by atoms with Crippen molar-refractivity contribution in [3.8, 4) is 11.8 Å². The standard InChI is InChI=1S/C18H16F2N2O3/c1-11(23)14-6-3-7-15-16(14)25-18(19,20)17(24)22(15)10-13-5-2-4-12(8-13)9-21/h2-8,11,17,23-24H,10H2,1H3/t11-,17?/m1/s1. The number of hydrogen-bond donors (Lipinski definition) is 2. The molecule has 1 aliphatic heterocycles. The topological polar surface area (TPSA) is 76.7 Å². The number of benzene rings is 2. The molecule has 0 spiro atoms. The Kier molecular flexibility index (Phi) is 4.33. The van der Waals surface area contributed by atoms with Gasteiger partial charge in [-0.25, -0.2) is 0 Å². The van der Waals surface area contributed by atoms with Gasteiger partial charge in [0.25, 0.3) is 0 Å². The van der Waals surface area contributed by atoms with Crippen LogP contribution in [0.3, 0.4) is 0 Å². The van der Waals surface area contributed by atoms with E-state index in [1.807, 2.05) is 6.07 Å². The van der Waals surface area contributed by atoms with Crippen LogP contribution < -0.4 is 9.64 Å². The summed E-state index contributed by atoms with van der Waals surface area (Å²) < 4.78 is 33.0. The summed E-state index contributed by atoms with van der Waals surface area (Å²) in [5.41, 5.74) is 1.44. The van der Waals surface area contributed by atoms with Crippen molar-refractivity contribution in [3.63, 3.8) is 0 Å². The number of anilines is 1. The number of fused-ring (bicyclic) bond motifs is 1. The first-order chi connectivity index (χ1) is 11.8. The summed E-state index contributed by atoms with van der Waals surface area (Å²) in [4.78, 5) is 1.10. The van der Waals surface area contributed by atoms with Crippen LogP contribution in [-0.4, -0.2) is 22.5 Å². The summed E-state index contributed by atoms with van der Waals surface area (Å²) >= 11 is 0.